The molecule has 0 saturated heterocycles. The van der Waals surface area contributed by atoms with Crippen LogP contribution in [0.25, 0.3) is 0 Å². The molecule has 8 heteroatoms. The lowest BCUT2D eigenvalue weighted by Crippen LogP contribution is -2.42. The fraction of sp³-hybridized carbons (Fsp3) is 0.176. The maximum atomic E-state index is 12.1. The van der Waals surface area contributed by atoms with Crippen molar-refractivity contribution in [1.29, 1.82) is 0 Å². The Labute approximate surface area is 157 Å². The molecule has 1 atom stereocenters. The number of benzene rings is 2. The molecule has 2 aromatic carbocycles. The average Bonchev–Trinajstić information content (AvgIpc) is 2.63. The quantitative estimate of drug-likeness (QED) is 0.421. The molecule has 2 N–H and O–H groups in total. The summed E-state index contributed by atoms with van der Waals surface area (Å²) in [6.45, 7) is 0.114. The number of hydrogen-bond donors (Lipinski definition) is 2. The third-order valence-corrected chi connectivity index (χ3v) is 4.28. The van der Waals surface area contributed by atoms with E-state index in [1.807, 2.05) is 28.7 Å². The third-order valence-electron chi connectivity index (χ3n) is 3.46. The number of methoxy groups -OCH3 is 1. The van der Waals surface area contributed by atoms with Crippen LogP contribution >= 0.6 is 22.6 Å². The monoisotopic (exact) mass is 454 g/mol. The number of nitrogens with one attached hydrogen (secondary N) is 1. The van der Waals surface area contributed by atoms with Crippen LogP contribution in [0.4, 0.5) is 0 Å². The molecule has 25 heavy (non-hydrogen) atoms. The Kier molecular flexibility index (Phi) is 5.27. The number of phenolic OH excluding ortho intramolecular Hbond substituents is 1. The molecule has 7 nitrogen and oxygen atoms in total. The van der Waals surface area contributed by atoms with E-state index in [2.05, 4.69) is 10.5 Å². The summed E-state index contributed by atoms with van der Waals surface area (Å²) in [6.07, 6.45) is 0.682. The van der Waals surface area contributed by atoms with Crippen molar-refractivity contribution in [2.45, 2.75) is 6.10 Å². The van der Waals surface area contributed by atoms with Gasteiger partial charge in [-0.2, -0.15) is 5.10 Å². The molecule has 1 heterocycles. The Morgan fingerprint density at radius 1 is 1.40 bits per heavy atom. The van der Waals surface area contributed by atoms with Crippen molar-refractivity contribution in [3.8, 4) is 23.0 Å². The summed E-state index contributed by atoms with van der Waals surface area (Å²) in [7, 11) is 1.46. The second kappa shape index (κ2) is 7.60. The van der Waals surface area contributed by atoms with Crippen LogP contribution in [-0.2, 0) is 4.79 Å². The molecule has 2 aromatic rings. The highest BCUT2D eigenvalue weighted by Crippen LogP contribution is 2.32. The minimum absolute atomic E-state index is 0.0655. The number of halogens is 1. The summed E-state index contributed by atoms with van der Waals surface area (Å²) in [5.74, 6) is 1.12. The van der Waals surface area contributed by atoms with Crippen LogP contribution < -0.4 is 19.6 Å². The number of aromatic hydroxyl groups is 1. The van der Waals surface area contributed by atoms with Gasteiger partial charge in [0.1, 0.15) is 6.61 Å². The molecular weight excluding hydrogens is 439 g/mol. The summed E-state index contributed by atoms with van der Waals surface area (Å²) in [5, 5.41) is 13.7. The number of rotatable bonds is 4. The van der Waals surface area contributed by atoms with Crippen molar-refractivity contribution in [3.63, 3.8) is 0 Å². The molecule has 1 amide bonds. The van der Waals surface area contributed by atoms with Gasteiger partial charge in [0.05, 0.1) is 16.9 Å². The van der Waals surface area contributed by atoms with Gasteiger partial charge in [0, 0.05) is 0 Å². The Balaban J connectivity index is 1.63. The Morgan fingerprint density at radius 2 is 2.16 bits per heavy atom. The zero-order valence-electron chi connectivity index (χ0n) is 13.2. The first-order valence-corrected chi connectivity index (χ1v) is 8.44. The van der Waals surface area contributed by atoms with Crippen molar-refractivity contribution < 1.29 is 24.1 Å². The van der Waals surface area contributed by atoms with E-state index in [9.17, 15) is 9.90 Å². The first kappa shape index (κ1) is 17.3. The molecular formula is C17H15IN2O5. The second-order valence-corrected chi connectivity index (χ2v) is 6.31. The number of phenols is 1. The van der Waals surface area contributed by atoms with Gasteiger partial charge in [0.15, 0.2) is 23.0 Å². The van der Waals surface area contributed by atoms with Gasteiger partial charge in [-0.25, -0.2) is 5.43 Å². The van der Waals surface area contributed by atoms with Crippen LogP contribution in [0, 0.1) is 3.57 Å². The number of hydrazone groups is 1. The summed E-state index contributed by atoms with van der Waals surface area (Å²) in [5.41, 5.74) is 3.09. The Bertz CT molecular complexity index is 825. The molecule has 0 saturated carbocycles. The number of hydrogen-bond acceptors (Lipinski definition) is 6. The summed E-state index contributed by atoms with van der Waals surface area (Å²) >= 11 is 1.98. The molecule has 0 fully saturated rings. The van der Waals surface area contributed by atoms with Gasteiger partial charge in [-0.05, 0) is 52.4 Å². The lowest BCUT2D eigenvalue weighted by atomic mass is 10.2. The molecule has 1 aliphatic rings. The fourth-order valence-corrected chi connectivity index (χ4v) is 2.84. The lowest BCUT2D eigenvalue weighted by Gasteiger charge is -2.24. The maximum absolute atomic E-state index is 12.1. The van der Waals surface area contributed by atoms with E-state index in [1.165, 1.54) is 13.3 Å². The van der Waals surface area contributed by atoms with E-state index in [0.29, 0.717) is 26.4 Å². The minimum atomic E-state index is -0.776. The number of amides is 1. The van der Waals surface area contributed by atoms with Crippen molar-refractivity contribution in [1.82, 2.24) is 5.43 Å². The van der Waals surface area contributed by atoms with E-state index in [1.54, 1.807) is 30.3 Å². The Morgan fingerprint density at radius 3 is 2.92 bits per heavy atom. The van der Waals surface area contributed by atoms with Gasteiger partial charge in [0.2, 0.25) is 6.10 Å². The lowest BCUT2D eigenvalue weighted by molar-refractivity contribution is -0.130. The van der Waals surface area contributed by atoms with E-state index in [4.69, 9.17) is 14.2 Å². The minimum Gasteiger partial charge on any atom is -0.504 e. The van der Waals surface area contributed by atoms with Gasteiger partial charge in [-0.1, -0.05) is 12.1 Å². The zero-order chi connectivity index (χ0) is 17.8. The van der Waals surface area contributed by atoms with Crippen molar-refractivity contribution in [2.75, 3.05) is 13.7 Å². The summed E-state index contributed by atoms with van der Waals surface area (Å²) in [6, 6.07) is 10.5. The highest BCUT2D eigenvalue weighted by atomic mass is 127. The molecule has 3 rings (SSSR count). The number of ether oxygens (including phenoxy) is 3. The molecule has 130 valence electrons. The molecule has 0 radical (unpaired) electrons. The molecule has 0 spiro atoms. The van der Waals surface area contributed by atoms with E-state index >= 15 is 0 Å². The third kappa shape index (κ3) is 3.95. The number of nitrogens with zero attached hydrogens (tertiary/aromatic N) is 1. The first-order valence-electron chi connectivity index (χ1n) is 7.36. The zero-order valence-corrected chi connectivity index (χ0v) is 15.4. The predicted molar refractivity (Wildman–Crippen MR) is 99.5 cm³/mol. The summed E-state index contributed by atoms with van der Waals surface area (Å²) < 4.78 is 16.8. The number of para-hydroxylation sites is 2. The number of carbonyl (C=O) groups excluding carboxylic acids is 1. The average molecular weight is 454 g/mol. The first-order chi connectivity index (χ1) is 12.1. The SMILES string of the molecule is COc1cc(/C=N\NC(=O)C2COc3ccccc3O2)cc(I)c1O. The van der Waals surface area contributed by atoms with Gasteiger partial charge in [-0.15, -0.1) is 0 Å². The van der Waals surface area contributed by atoms with Crippen molar-refractivity contribution >= 4 is 34.7 Å². The smallest absolute Gasteiger partial charge is 0.284 e. The van der Waals surface area contributed by atoms with Gasteiger partial charge in [0.25, 0.3) is 5.91 Å². The van der Waals surface area contributed by atoms with E-state index in [0.717, 1.165) is 0 Å². The Hall–Kier alpha value is -2.49. The van der Waals surface area contributed by atoms with Crippen LogP contribution in [0.3, 0.4) is 0 Å². The standard InChI is InChI=1S/C17H15IN2O5/c1-23-14-7-10(6-11(18)16(14)21)8-19-20-17(22)15-9-24-12-4-2-3-5-13(12)25-15/h2-8,15,21H,9H2,1H3,(H,20,22)/b19-8-. The van der Waals surface area contributed by atoms with E-state index in [-0.39, 0.29) is 12.4 Å². The normalized spacial score (nSPS) is 15.8. The van der Waals surface area contributed by atoms with Crippen LogP contribution in [0.15, 0.2) is 41.5 Å². The number of fused-ring (bicyclic) bond motifs is 1. The molecule has 1 unspecified atom stereocenters. The van der Waals surface area contributed by atoms with Crippen LogP contribution in [-0.4, -0.2) is 37.0 Å². The van der Waals surface area contributed by atoms with Gasteiger partial charge in [-0.3, -0.25) is 4.79 Å². The molecule has 0 aliphatic carbocycles. The van der Waals surface area contributed by atoms with Crippen molar-refractivity contribution in [2.24, 2.45) is 5.10 Å². The summed E-state index contributed by atoms with van der Waals surface area (Å²) in [4.78, 5) is 12.1. The maximum Gasteiger partial charge on any atom is 0.284 e. The van der Waals surface area contributed by atoms with E-state index < -0.39 is 12.0 Å². The molecule has 1 aliphatic heterocycles. The topological polar surface area (TPSA) is 89.4 Å². The highest BCUT2D eigenvalue weighted by molar-refractivity contribution is 14.1. The molecule has 0 bridgehead atoms. The van der Waals surface area contributed by atoms with Crippen molar-refractivity contribution in [3.05, 3.63) is 45.5 Å². The second-order valence-electron chi connectivity index (χ2n) is 5.15. The van der Waals surface area contributed by atoms with Gasteiger partial charge >= 0.3 is 0 Å². The molecule has 0 aromatic heterocycles. The van der Waals surface area contributed by atoms with Crippen LogP contribution in [0.1, 0.15) is 5.56 Å². The van der Waals surface area contributed by atoms with Crippen LogP contribution in [0.2, 0.25) is 0 Å². The fourth-order valence-electron chi connectivity index (χ4n) is 2.22. The predicted octanol–water partition coefficient (Wildman–Crippen LogP) is 2.30. The van der Waals surface area contributed by atoms with Gasteiger partial charge < -0.3 is 19.3 Å². The largest absolute Gasteiger partial charge is 0.504 e. The number of carbonyl (C=O) groups is 1. The van der Waals surface area contributed by atoms with Crippen LogP contribution in [0.5, 0.6) is 23.0 Å². The highest BCUT2D eigenvalue weighted by Gasteiger charge is 2.26.